The third-order valence-electron chi connectivity index (χ3n) is 3.94. The number of halogens is 2. The number of benzene rings is 1. The molecule has 0 radical (unpaired) electrons. The van der Waals surface area contributed by atoms with E-state index in [1.54, 1.807) is 0 Å². The Hall–Kier alpha value is -1.09. The molecule has 0 aromatic heterocycles. The van der Waals surface area contributed by atoms with Crippen LogP contribution in [0.1, 0.15) is 6.42 Å². The van der Waals surface area contributed by atoms with Gasteiger partial charge in [0.15, 0.2) is 11.9 Å². The minimum absolute atomic E-state index is 0.0510. The molecule has 1 aromatic carbocycles. The predicted octanol–water partition coefficient (Wildman–Crippen LogP) is 0.874. The van der Waals surface area contributed by atoms with Crippen LogP contribution < -0.4 is 5.32 Å². The first-order valence-electron chi connectivity index (χ1n) is 6.74. The second-order valence-corrected chi connectivity index (χ2v) is 7.01. The maximum absolute atomic E-state index is 14.4. The highest BCUT2D eigenvalue weighted by Crippen LogP contribution is 2.38. The highest BCUT2D eigenvalue weighted by atomic mass is 32.2. The zero-order chi connectivity index (χ0) is 15.1. The number of nitrogens with one attached hydrogen (secondary N) is 1. The summed E-state index contributed by atoms with van der Waals surface area (Å²) in [7, 11) is -3.92. The van der Waals surface area contributed by atoms with E-state index in [4.69, 9.17) is 4.74 Å². The van der Waals surface area contributed by atoms with E-state index in [-0.39, 0.29) is 31.0 Å². The van der Waals surface area contributed by atoms with Crippen molar-refractivity contribution < 1.29 is 21.9 Å². The van der Waals surface area contributed by atoms with Crippen LogP contribution in [-0.2, 0) is 14.8 Å². The van der Waals surface area contributed by atoms with Crippen molar-refractivity contribution in [3.05, 3.63) is 30.1 Å². The van der Waals surface area contributed by atoms with Gasteiger partial charge in [-0.05, 0) is 30.8 Å². The maximum Gasteiger partial charge on any atom is 0.245 e. The fraction of sp³-hybridized carbons (Fsp3) is 0.538. The molecular weight excluding hydrogens is 302 g/mol. The number of ether oxygens (including phenoxy) is 1. The van der Waals surface area contributed by atoms with E-state index in [1.807, 2.05) is 0 Å². The topological polar surface area (TPSA) is 58.6 Å². The highest BCUT2D eigenvalue weighted by Gasteiger charge is 2.55. The maximum atomic E-state index is 14.4. The van der Waals surface area contributed by atoms with E-state index >= 15 is 0 Å². The van der Waals surface area contributed by atoms with Gasteiger partial charge < -0.3 is 10.1 Å². The number of hydrogen-bond donors (Lipinski definition) is 1. The molecule has 8 heteroatoms. The molecule has 21 heavy (non-hydrogen) atoms. The molecule has 0 aliphatic carbocycles. The molecular formula is C13H16F2N2O3S. The minimum atomic E-state index is -3.92. The Balaban J connectivity index is 1.99. The molecule has 2 aliphatic heterocycles. The molecule has 2 atom stereocenters. The second kappa shape index (κ2) is 5.28. The van der Waals surface area contributed by atoms with Gasteiger partial charge in [0.05, 0.1) is 11.5 Å². The molecule has 0 saturated carbocycles. The van der Waals surface area contributed by atoms with Crippen molar-refractivity contribution >= 4 is 10.0 Å². The van der Waals surface area contributed by atoms with Crippen molar-refractivity contribution in [2.75, 3.05) is 26.2 Å². The fourth-order valence-corrected chi connectivity index (χ4v) is 4.59. The normalized spacial score (nSPS) is 30.9. The van der Waals surface area contributed by atoms with E-state index in [9.17, 15) is 17.2 Å². The molecule has 1 aromatic rings. The molecule has 1 spiro atoms. The monoisotopic (exact) mass is 318 g/mol. The molecule has 2 fully saturated rings. The smallest absolute Gasteiger partial charge is 0.245 e. The zero-order valence-corrected chi connectivity index (χ0v) is 12.1. The predicted molar refractivity (Wildman–Crippen MR) is 71.4 cm³/mol. The average molecular weight is 318 g/mol. The summed E-state index contributed by atoms with van der Waals surface area (Å²) >= 11 is 0. The van der Waals surface area contributed by atoms with Crippen LogP contribution in [-0.4, -0.2) is 50.9 Å². The number of nitrogens with zero attached hydrogens (tertiary/aromatic N) is 1. The number of hydrogen-bond acceptors (Lipinski definition) is 4. The van der Waals surface area contributed by atoms with Crippen molar-refractivity contribution in [3.63, 3.8) is 0 Å². The van der Waals surface area contributed by atoms with Gasteiger partial charge >= 0.3 is 0 Å². The van der Waals surface area contributed by atoms with Gasteiger partial charge in [-0.2, -0.15) is 4.31 Å². The Morgan fingerprint density at radius 2 is 2.05 bits per heavy atom. The summed E-state index contributed by atoms with van der Waals surface area (Å²) in [6.45, 7) is 0.784. The molecule has 2 heterocycles. The lowest BCUT2D eigenvalue weighted by molar-refractivity contribution is -0.120. The van der Waals surface area contributed by atoms with Gasteiger partial charge in [0.1, 0.15) is 5.82 Å². The third-order valence-corrected chi connectivity index (χ3v) is 5.88. The summed E-state index contributed by atoms with van der Waals surface area (Å²) < 4.78 is 59.3. The molecule has 5 nitrogen and oxygen atoms in total. The average Bonchev–Trinajstić information content (AvgIpc) is 2.88. The van der Waals surface area contributed by atoms with Gasteiger partial charge in [0, 0.05) is 19.5 Å². The Labute approximate surface area is 121 Å². The van der Waals surface area contributed by atoms with Crippen molar-refractivity contribution in [1.82, 2.24) is 9.62 Å². The lowest BCUT2D eigenvalue weighted by Gasteiger charge is -2.41. The van der Waals surface area contributed by atoms with Gasteiger partial charge in [0.2, 0.25) is 10.0 Å². The molecule has 2 saturated heterocycles. The lowest BCUT2D eigenvalue weighted by Crippen LogP contribution is -2.61. The third kappa shape index (κ3) is 2.36. The first kappa shape index (κ1) is 14.8. The summed E-state index contributed by atoms with van der Waals surface area (Å²) in [6.07, 6.45) is -1.20. The molecule has 0 unspecified atom stereocenters. The van der Waals surface area contributed by atoms with E-state index < -0.39 is 27.7 Å². The SMILES string of the molecule is O=S(=O)(c1ccc(F)cc1)N1CCO[C@@]12CCNC[C@H]2F. The van der Waals surface area contributed by atoms with Gasteiger partial charge in [-0.25, -0.2) is 17.2 Å². The Morgan fingerprint density at radius 3 is 2.71 bits per heavy atom. The van der Waals surface area contributed by atoms with E-state index in [1.165, 1.54) is 12.1 Å². The highest BCUT2D eigenvalue weighted by molar-refractivity contribution is 7.89. The van der Waals surface area contributed by atoms with Crippen molar-refractivity contribution in [1.29, 1.82) is 0 Å². The molecule has 116 valence electrons. The van der Waals surface area contributed by atoms with Crippen LogP contribution in [0.4, 0.5) is 8.78 Å². The summed E-state index contributed by atoms with van der Waals surface area (Å²) in [5.74, 6) is -0.522. The standard InChI is InChI=1S/C13H16F2N2O3S/c14-10-1-3-11(4-2-10)21(18,19)17-7-8-20-13(17)5-6-16-9-12(13)15/h1-4,12,16H,5-9H2/t12-,13-/m1/s1. The van der Waals surface area contributed by atoms with Crippen molar-refractivity contribution in [3.8, 4) is 0 Å². The first-order valence-corrected chi connectivity index (χ1v) is 8.18. The summed E-state index contributed by atoms with van der Waals surface area (Å²) in [5, 5.41) is 2.88. The number of rotatable bonds is 2. The van der Waals surface area contributed by atoms with E-state index in [2.05, 4.69) is 5.32 Å². The van der Waals surface area contributed by atoms with Gasteiger partial charge in [0.25, 0.3) is 0 Å². The van der Waals surface area contributed by atoms with Crippen molar-refractivity contribution in [2.45, 2.75) is 23.2 Å². The number of alkyl halides is 1. The summed E-state index contributed by atoms with van der Waals surface area (Å²) in [5.41, 5.74) is -1.45. The molecule has 1 N–H and O–H groups in total. The van der Waals surface area contributed by atoms with Crippen LogP contribution in [0.2, 0.25) is 0 Å². The Bertz CT molecular complexity index is 623. The zero-order valence-electron chi connectivity index (χ0n) is 11.3. The molecule has 3 rings (SSSR count). The van der Waals surface area contributed by atoms with E-state index in [0.29, 0.717) is 6.54 Å². The summed E-state index contributed by atoms with van der Waals surface area (Å²) in [6, 6.07) is 4.52. The molecule has 0 bridgehead atoms. The van der Waals surface area contributed by atoms with Gasteiger partial charge in [-0.15, -0.1) is 0 Å². The van der Waals surface area contributed by atoms with Crippen LogP contribution in [0.3, 0.4) is 0 Å². The first-order chi connectivity index (χ1) is 9.97. The van der Waals surface area contributed by atoms with Crippen LogP contribution in [0, 0.1) is 5.82 Å². The van der Waals surface area contributed by atoms with Gasteiger partial charge in [-0.3, -0.25) is 0 Å². The lowest BCUT2D eigenvalue weighted by atomic mass is 10.0. The van der Waals surface area contributed by atoms with E-state index in [0.717, 1.165) is 16.4 Å². The second-order valence-electron chi connectivity index (χ2n) is 5.15. The van der Waals surface area contributed by atoms with Crippen LogP contribution in [0.5, 0.6) is 0 Å². The quantitative estimate of drug-likeness (QED) is 0.879. The number of piperidine rings is 1. The summed E-state index contributed by atoms with van der Waals surface area (Å²) in [4.78, 5) is -0.0560. The van der Waals surface area contributed by atoms with Crippen LogP contribution in [0.25, 0.3) is 0 Å². The fourth-order valence-electron chi connectivity index (χ4n) is 2.88. The van der Waals surface area contributed by atoms with Crippen LogP contribution in [0.15, 0.2) is 29.2 Å². The minimum Gasteiger partial charge on any atom is -0.355 e. The largest absolute Gasteiger partial charge is 0.355 e. The van der Waals surface area contributed by atoms with Gasteiger partial charge in [-0.1, -0.05) is 0 Å². The van der Waals surface area contributed by atoms with Crippen LogP contribution >= 0.6 is 0 Å². The van der Waals surface area contributed by atoms with Crippen molar-refractivity contribution in [2.24, 2.45) is 0 Å². The Kier molecular flexibility index (Phi) is 3.73. The molecule has 2 aliphatic rings. The molecule has 0 amide bonds. The number of sulfonamides is 1. The Morgan fingerprint density at radius 1 is 1.33 bits per heavy atom.